The molecule has 2 heterocycles. The number of allylic oxidation sites excluding steroid dienone is 1. The Bertz CT molecular complexity index is 1150. The highest BCUT2D eigenvalue weighted by atomic mass is 32.2. The van der Waals surface area contributed by atoms with Crippen molar-refractivity contribution in [3.8, 4) is 29.1 Å². The summed E-state index contributed by atoms with van der Waals surface area (Å²) in [6, 6.07) is 12.8. The minimum Gasteiger partial charge on any atom is -0.497 e. The van der Waals surface area contributed by atoms with E-state index in [2.05, 4.69) is 6.07 Å². The lowest BCUT2D eigenvalue weighted by Gasteiger charge is -2.38. The van der Waals surface area contributed by atoms with Crippen LogP contribution in [0.2, 0.25) is 0 Å². The van der Waals surface area contributed by atoms with Crippen LogP contribution in [-0.2, 0) is 10.5 Å². The number of rotatable bonds is 6. The van der Waals surface area contributed by atoms with Crippen LogP contribution in [0.4, 0.5) is 0 Å². The van der Waals surface area contributed by atoms with Crippen molar-refractivity contribution in [3.05, 3.63) is 58.1 Å². The van der Waals surface area contributed by atoms with Gasteiger partial charge in [-0.1, -0.05) is 12.1 Å². The smallest absolute Gasteiger partial charge is 0.231 e. The van der Waals surface area contributed by atoms with Crippen LogP contribution in [0.3, 0.4) is 0 Å². The third kappa shape index (κ3) is 3.65. The number of aliphatic hydroxyl groups is 1. The SMILES string of the molecule is COc1cccc([C@]2(O)CSC3=C(C#N)[C@@H](c4cc(OC)c(OC)c(OC)c4)CC(=O)N32)c1. The van der Waals surface area contributed by atoms with Crippen molar-refractivity contribution < 1.29 is 28.8 Å². The first kappa shape index (κ1) is 22.8. The monoisotopic (exact) mass is 468 g/mol. The molecule has 1 fully saturated rings. The average molecular weight is 469 g/mol. The summed E-state index contributed by atoms with van der Waals surface area (Å²) in [5.74, 6) is 1.30. The van der Waals surface area contributed by atoms with Crippen molar-refractivity contribution in [2.45, 2.75) is 18.1 Å². The zero-order valence-corrected chi connectivity index (χ0v) is 19.6. The molecule has 1 N–H and O–H groups in total. The van der Waals surface area contributed by atoms with Crippen molar-refractivity contribution in [2.75, 3.05) is 34.2 Å². The number of carbonyl (C=O) groups excluding carboxylic acids is 1. The molecule has 0 aromatic heterocycles. The molecule has 0 saturated carbocycles. The van der Waals surface area contributed by atoms with Gasteiger partial charge in [-0.15, -0.1) is 11.8 Å². The van der Waals surface area contributed by atoms with Crippen LogP contribution in [0, 0.1) is 11.3 Å². The van der Waals surface area contributed by atoms with Crippen molar-refractivity contribution in [2.24, 2.45) is 0 Å². The molecule has 2 atom stereocenters. The maximum atomic E-state index is 13.4. The van der Waals surface area contributed by atoms with Gasteiger partial charge in [-0.3, -0.25) is 9.69 Å². The Morgan fingerprint density at radius 2 is 1.79 bits per heavy atom. The second-order valence-electron chi connectivity index (χ2n) is 7.61. The topological polar surface area (TPSA) is 101 Å². The molecular weight excluding hydrogens is 444 g/mol. The van der Waals surface area contributed by atoms with Crippen LogP contribution in [-0.4, -0.2) is 50.1 Å². The van der Waals surface area contributed by atoms with Gasteiger partial charge in [0.2, 0.25) is 11.7 Å². The van der Waals surface area contributed by atoms with E-state index in [9.17, 15) is 15.2 Å². The Labute approximate surface area is 196 Å². The molecule has 172 valence electrons. The molecule has 0 aliphatic carbocycles. The Morgan fingerprint density at radius 3 is 2.36 bits per heavy atom. The average Bonchev–Trinajstić information content (AvgIpc) is 3.22. The third-order valence-corrected chi connectivity index (χ3v) is 7.15. The first-order valence-electron chi connectivity index (χ1n) is 10.2. The fourth-order valence-electron chi connectivity index (χ4n) is 4.30. The highest BCUT2D eigenvalue weighted by Gasteiger charge is 2.52. The number of benzene rings is 2. The van der Waals surface area contributed by atoms with E-state index < -0.39 is 11.6 Å². The molecule has 0 unspecified atom stereocenters. The number of fused-ring (bicyclic) bond motifs is 1. The third-order valence-electron chi connectivity index (χ3n) is 5.93. The normalized spacial score (nSPS) is 22.0. The zero-order valence-electron chi connectivity index (χ0n) is 18.7. The summed E-state index contributed by atoms with van der Waals surface area (Å²) >= 11 is 1.29. The molecule has 9 heteroatoms. The van der Waals surface area contributed by atoms with Crippen molar-refractivity contribution >= 4 is 17.7 Å². The first-order valence-corrected chi connectivity index (χ1v) is 11.2. The molecule has 2 aliphatic heterocycles. The molecule has 4 rings (SSSR count). The number of nitriles is 1. The van der Waals surface area contributed by atoms with Crippen LogP contribution in [0.15, 0.2) is 47.0 Å². The second-order valence-corrected chi connectivity index (χ2v) is 8.58. The van der Waals surface area contributed by atoms with Gasteiger partial charge < -0.3 is 24.1 Å². The Morgan fingerprint density at radius 1 is 1.09 bits per heavy atom. The van der Waals surface area contributed by atoms with E-state index in [4.69, 9.17) is 18.9 Å². The van der Waals surface area contributed by atoms with Gasteiger partial charge in [-0.25, -0.2) is 0 Å². The van der Waals surface area contributed by atoms with Crippen molar-refractivity contribution in [1.29, 1.82) is 5.26 Å². The largest absolute Gasteiger partial charge is 0.497 e. The molecule has 0 spiro atoms. The van der Waals surface area contributed by atoms with Gasteiger partial charge in [0.25, 0.3) is 0 Å². The van der Waals surface area contributed by atoms with Gasteiger partial charge in [0, 0.05) is 17.9 Å². The van der Waals surface area contributed by atoms with E-state index in [0.29, 0.717) is 44.7 Å². The van der Waals surface area contributed by atoms with E-state index in [1.165, 1.54) is 38.0 Å². The number of hydrogen-bond acceptors (Lipinski definition) is 8. The number of carbonyl (C=O) groups is 1. The quantitative estimate of drug-likeness (QED) is 0.689. The standard InChI is InChI=1S/C24H24N2O6S/c1-29-16-7-5-6-15(10-16)24(28)13-33-23-18(12-25)17(11-21(27)26(23)24)14-8-19(30-2)22(32-4)20(9-14)31-3/h5-10,17,28H,11,13H2,1-4H3/t17-,24-/m1/s1. The highest BCUT2D eigenvalue weighted by Crippen LogP contribution is 2.53. The Kier molecular flexibility index (Phi) is 6.15. The number of ether oxygens (including phenoxy) is 4. The fourth-order valence-corrected chi connectivity index (χ4v) is 5.66. The molecule has 0 radical (unpaired) electrons. The molecule has 1 saturated heterocycles. The lowest BCUT2D eigenvalue weighted by Crippen LogP contribution is -2.48. The summed E-state index contributed by atoms with van der Waals surface area (Å²) in [5, 5.41) is 22.1. The lowest BCUT2D eigenvalue weighted by molar-refractivity contribution is -0.149. The van der Waals surface area contributed by atoms with E-state index in [0.717, 1.165) is 0 Å². The minimum atomic E-state index is -1.58. The van der Waals surface area contributed by atoms with Gasteiger partial charge in [-0.2, -0.15) is 5.26 Å². The van der Waals surface area contributed by atoms with Gasteiger partial charge in [-0.05, 0) is 29.8 Å². The number of hydrogen-bond donors (Lipinski definition) is 1. The summed E-state index contributed by atoms with van der Waals surface area (Å²) in [6.45, 7) is 0. The fraction of sp³-hybridized carbons (Fsp3) is 0.333. The summed E-state index contributed by atoms with van der Waals surface area (Å²) in [5.41, 5.74) is 0.0569. The van der Waals surface area contributed by atoms with Crippen LogP contribution in [0.1, 0.15) is 23.5 Å². The van der Waals surface area contributed by atoms with E-state index in [-0.39, 0.29) is 18.1 Å². The van der Waals surface area contributed by atoms with Crippen LogP contribution < -0.4 is 18.9 Å². The predicted molar refractivity (Wildman–Crippen MR) is 122 cm³/mol. The molecular formula is C24H24N2O6S. The van der Waals surface area contributed by atoms with Gasteiger partial charge in [0.05, 0.1) is 50.9 Å². The van der Waals surface area contributed by atoms with Crippen LogP contribution in [0.25, 0.3) is 0 Å². The van der Waals surface area contributed by atoms with Crippen LogP contribution in [0.5, 0.6) is 23.0 Å². The Balaban J connectivity index is 1.82. The molecule has 2 aromatic carbocycles. The highest BCUT2D eigenvalue weighted by molar-refractivity contribution is 8.03. The van der Waals surface area contributed by atoms with Gasteiger partial charge in [0.1, 0.15) is 5.75 Å². The van der Waals surface area contributed by atoms with E-state index >= 15 is 0 Å². The second kappa shape index (κ2) is 8.89. The lowest BCUT2D eigenvalue weighted by atomic mass is 9.85. The molecule has 1 amide bonds. The molecule has 2 aromatic rings. The summed E-state index contributed by atoms with van der Waals surface area (Å²) < 4.78 is 21.6. The summed E-state index contributed by atoms with van der Waals surface area (Å²) in [4.78, 5) is 14.7. The van der Waals surface area contributed by atoms with E-state index in [1.807, 2.05) is 0 Å². The number of amides is 1. The van der Waals surface area contributed by atoms with Gasteiger partial charge >= 0.3 is 0 Å². The molecule has 33 heavy (non-hydrogen) atoms. The van der Waals surface area contributed by atoms with Crippen molar-refractivity contribution in [1.82, 2.24) is 4.90 Å². The van der Waals surface area contributed by atoms with Gasteiger partial charge in [0.15, 0.2) is 17.2 Å². The number of nitrogens with zero attached hydrogens (tertiary/aromatic N) is 2. The first-order chi connectivity index (χ1) is 15.9. The maximum Gasteiger partial charge on any atom is 0.231 e. The predicted octanol–water partition coefficient (Wildman–Crippen LogP) is 3.36. The molecule has 2 aliphatic rings. The molecule has 0 bridgehead atoms. The van der Waals surface area contributed by atoms with Crippen LogP contribution >= 0.6 is 11.8 Å². The molecule has 8 nitrogen and oxygen atoms in total. The summed E-state index contributed by atoms with van der Waals surface area (Å²) in [6.07, 6.45) is 0.0118. The maximum absolute atomic E-state index is 13.4. The number of methoxy groups -OCH3 is 4. The summed E-state index contributed by atoms with van der Waals surface area (Å²) in [7, 11) is 6.08. The minimum absolute atomic E-state index is 0.0118. The Hall–Kier alpha value is -3.35. The van der Waals surface area contributed by atoms with E-state index in [1.54, 1.807) is 43.5 Å². The number of thioether (sulfide) groups is 1. The zero-order chi connectivity index (χ0) is 23.8. The van der Waals surface area contributed by atoms with Crippen molar-refractivity contribution in [3.63, 3.8) is 0 Å².